The number of amides is 1. The van der Waals surface area contributed by atoms with E-state index in [4.69, 9.17) is 0 Å². The minimum atomic E-state index is -0.233. The van der Waals surface area contributed by atoms with E-state index in [1.807, 2.05) is 25.8 Å². The number of piperidine rings is 1. The number of aryl methyl sites for hydroxylation is 2. The summed E-state index contributed by atoms with van der Waals surface area (Å²) in [6, 6.07) is 6.70. The molecule has 24 heavy (non-hydrogen) atoms. The zero-order valence-electron chi connectivity index (χ0n) is 14.3. The van der Waals surface area contributed by atoms with Gasteiger partial charge in [-0.25, -0.2) is 4.39 Å². The molecule has 1 aliphatic heterocycles. The Balaban J connectivity index is 1.60. The first kappa shape index (κ1) is 16.5. The molecule has 2 heterocycles. The van der Waals surface area contributed by atoms with Crippen molar-refractivity contribution < 1.29 is 9.18 Å². The molecule has 6 heteroatoms. The highest BCUT2D eigenvalue weighted by atomic mass is 19.1. The van der Waals surface area contributed by atoms with E-state index in [1.54, 1.807) is 16.8 Å². The van der Waals surface area contributed by atoms with Gasteiger partial charge in [0.05, 0.1) is 11.3 Å². The third kappa shape index (κ3) is 3.27. The van der Waals surface area contributed by atoms with Crippen LogP contribution in [0.15, 0.2) is 24.3 Å². The third-order valence-corrected chi connectivity index (χ3v) is 4.72. The van der Waals surface area contributed by atoms with E-state index in [1.165, 1.54) is 12.1 Å². The summed E-state index contributed by atoms with van der Waals surface area (Å²) >= 11 is 0. The van der Waals surface area contributed by atoms with Gasteiger partial charge in [0.25, 0.3) is 5.91 Å². The smallest absolute Gasteiger partial charge is 0.257 e. The van der Waals surface area contributed by atoms with Gasteiger partial charge in [0, 0.05) is 37.6 Å². The minimum Gasteiger partial charge on any atom is -0.382 e. The van der Waals surface area contributed by atoms with Crippen LogP contribution in [0.5, 0.6) is 0 Å². The van der Waals surface area contributed by atoms with Crippen LogP contribution in [0.25, 0.3) is 0 Å². The molecular weight excluding hydrogens is 307 g/mol. The normalized spacial score (nSPS) is 15.6. The molecule has 0 aliphatic carbocycles. The number of rotatable bonds is 3. The van der Waals surface area contributed by atoms with Crippen LogP contribution in [-0.4, -0.2) is 39.7 Å². The van der Waals surface area contributed by atoms with Gasteiger partial charge in [0.2, 0.25) is 0 Å². The topological polar surface area (TPSA) is 50.2 Å². The lowest BCUT2D eigenvalue weighted by Gasteiger charge is -2.33. The second-order valence-electron chi connectivity index (χ2n) is 6.39. The maximum atomic E-state index is 13.0. The highest BCUT2D eigenvalue weighted by molar-refractivity contribution is 5.96. The molecule has 0 atom stereocenters. The molecule has 0 unspecified atom stereocenters. The first-order chi connectivity index (χ1) is 11.5. The number of nitrogens with zero attached hydrogens (tertiary/aromatic N) is 3. The number of hydrogen-bond donors (Lipinski definition) is 1. The standard InChI is InChI=1S/C18H23FN4O/c1-12-17(13(2)22(3)21-12)18(24)23-10-8-16(9-11-23)20-15-6-4-14(19)5-7-15/h4-7,16,20H,8-11H2,1-3H3. The quantitative estimate of drug-likeness (QED) is 0.941. The number of anilines is 1. The Morgan fingerprint density at radius 3 is 2.38 bits per heavy atom. The van der Waals surface area contributed by atoms with Crippen LogP contribution in [0, 0.1) is 19.7 Å². The zero-order chi connectivity index (χ0) is 17.3. The Bertz CT molecular complexity index is 730. The van der Waals surface area contributed by atoms with Crippen molar-refractivity contribution in [2.24, 2.45) is 7.05 Å². The number of halogens is 1. The predicted molar refractivity (Wildman–Crippen MR) is 91.6 cm³/mol. The monoisotopic (exact) mass is 330 g/mol. The van der Waals surface area contributed by atoms with Crippen LogP contribution >= 0.6 is 0 Å². The van der Waals surface area contributed by atoms with E-state index in [0.717, 1.165) is 35.5 Å². The molecule has 0 spiro atoms. The summed E-state index contributed by atoms with van der Waals surface area (Å²) in [5.74, 6) is -0.165. The van der Waals surface area contributed by atoms with Gasteiger partial charge in [0.15, 0.2) is 0 Å². The Kier molecular flexibility index (Phi) is 4.55. The van der Waals surface area contributed by atoms with Crippen molar-refractivity contribution in [3.63, 3.8) is 0 Å². The number of nitrogens with one attached hydrogen (secondary N) is 1. The molecular formula is C18H23FN4O. The van der Waals surface area contributed by atoms with Crippen LogP contribution < -0.4 is 5.32 Å². The maximum absolute atomic E-state index is 13.0. The molecule has 1 amide bonds. The van der Waals surface area contributed by atoms with Crippen molar-refractivity contribution in [1.29, 1.82) is 0 Å². The van der Waals surface area contributed by atoms with Gasteiger partial charge < -0.3 is 10.2 Å². The van der Waals surface area contributed by atoms with Crippen LogP contribution in [0.3, 0.4) is 0 Å². The molecule has 3 rings (SSSR count). The fraction of sp³-hybridized carbons (Fsp3) is 0.444. The number of benzene rings is 1. The Labute approximate surface area is 141 Å². The van der Waals surface area contributed by atoms with Gasteiger partial charge >= 0.3 is 0 Å². The van der Waals surface area contributed by atoms with Crippen molar-refractivity contribution in [3.05, 3.63) is 47.0 Å². The number of aromatic nitrogens is 2. The summed E-state index contributed by atoms with van der Waals surface area (Å²) in [4.78, 5) is 14.7. The largest absolute Gasteiger partial charge is 0.382 e. The Morgan fingerprint density at radius 1 is 1.21 bits per heavy atom. The zero-order valence-corrected chi connectivity index (χ0v) is 14.3. The highest BCUT2D eigenvalue weighted by Crippen LogP contribution is 2.21. The van der Waals surface area contributed by atoms with Crippen molar-refractivity contribution in [1.82, 2.24) is 14.7 Å². The number of hydrogen-bond acceptors (Lipinski definition) is 3. The first-order valence-electron chi connectivity index (χ1n) is 8.27. The van der Waals surface area contributed by atoms with Crippen molar-refractivity contribution in [2.75, 3.05) is 18.4 Å². The van der Waals surface area contributed by atoms with Gasteiger partial charge in [-0.1, -0.05) is 0 Å². The number of carbonyl (C=O) groups excluding carboxylic acids is 1. The minimum absolute atomic E-state index is 0.0679. The second kappa shape index (κ2) is 6.63. The molecule has 5 nitrogen and oxygen atoms in total. The van der Waals surface area contributed by atoms with E-state index in [2.05, 4.69) is 10.4 Å². The van der Waals surface area contributed by atoms with Gasteiger partial charge in [-0.2, -0.15) is 5.10 Å². The number of carbonyl (C=O) groups is 1. The molecule has 1 saturated heterocycles. The lowest BCUT2D eigenvalue weighted by molar-refractivity contribution is 0.0717. The Hall–Kier alpha value is -2.37. The van der Waals surface area contributed by atoms with Crippen LogP contribution in [0.1, 0.15) is 34.6 Å². The second-order valence-corrected chi connectivity index (χ2v) is 6.39. The molecule has 0 saturated carbocycles. The third-order valence-electron chi connectivity index (χ3n) is 4.72. The van der Waals surface area contributed by atoms with Gasteiger partial charge in [-0.15, -0.1) is 0 Å². The molecule has 1 aromatic carbocycles. The van der Waals surface area contributed by atoms with E-state index in [0.29, 0.717) is 19.1 Å². The van der Waals surface area contributed by atoms with Crippen molar-refractivity contribution in [2.45, 2.75) is 32.7 Å². The van der Waals surface area contributed by atoms with Crippen molar-refractivity contribution in [3.8, 4) is 0 Å². The molecule has 128 valence electrons. The van der Waals surface area contributed by atoms with Crippen LogP contribution in [-0.2, 0) is 7.05 Å². The summed E-state index contributed by atoms with van der Waals surface area (Å²) in [6.45, 7) is 5.23. The van der Waals surface area contributed by atoms with E-state index in [9.17, 15) is 9.18 Å². The van der Waals surface area contributed by atoms with Gasteiger partial charge in [-0.05, 0) is 51.0 Å². The predicted octanol–water partition coefficient (Wildman–Crippen LogP) is 2.89. The SMILES string of the molecule is Cc1nn(C)c(C)c1C(=O)N1CCC(Nc2ccc(F)cc2)CC1. The summed E-state index contributed by atoms with van der Waals surface area (Å²) in [5, 5.41) is 7.74. The molecule has 1 N–H and O–H groups in total. The molecule has 1 fully saturated rings. The molecule has 2 aromatic rings. The molecule has 0 radical (unpaired) electrons. The fourth-order valence-corrected chi connectivity index (χ4v) is 3.25. The molecule has 1 aromatic heterocycles. The first-order valence-corrected chi connectivity index (χ1v) is 8.27. The lowest BCUT2D eigenvalue weighted by atomic mass is 10.0. The molecule has 1 aliphatic rings. The van der Waals surface area contributed by atoms with Crippen LogP contribution in [0.2, 0.25) is 0 Å². The van der Waals surface area contributed by atoms with E-state index in [-0.39, 0.29) is 11.7 Å². The van der Waals surface area contributed by atoms with Gasteiger partial charge in [0.1, 0.15) is 5.82 Å². The number of likely N-dealkylation sites (tertiary alicyclic amines) is 1. The summed E-state index contributed by atoms with van der Waals surface area (Å²) < 4.78 is 14.7. The van der Waals surface area contributed by atoms with Crippen LogP contribution in [0.4, 0.5) is 10.1 Å². The Morgan fingerprint density at radius 2 is 1.83 bits per heavy atom. The average Bonchev–Trinajstić information content (AvgIpc) is 2.82. The van der Waals surface area contributed by atoms with Crippen molar-refractivity contribution >= 4 is 11.6 Å². The van der Waals surface area contributed by atoms with E-state index < -0.39 is 0 Å². The average molecular weight is 330 g/mol. The summed E-state index contributed by atoms with van der Waals surface area (Å²) in [7, 11) is 1.86. The van der Waals surface area contributed by atoms with Gasteiger partial charge in [-0.3, -0.25) is 9.48 Å². The fourth-order valence-electron chi connectivity index (χ4n) is 3.25. The molecule has 0 bridgehead atoms. The highest BCUT2D eigenvalue weighted by Gasteiger charge is 2.27. The van der Waals surface area contributed by atoms with E-state index >= 15 is 0 Å². The maximum Gasteiger partial charge on any atom is 0.257 e. The lowest BCUT2D eigenvalue weighted by Crippen LogP contribution is -2.42. The summed E-state index contributed by atoms with van der Waals surface area (Å²) in [5.41, 5.74) is 3.33. The summed E-state index contributed by atoms with van der Waals surface area (Å²) in [6.07, 6.45) is 1.75.